The molecule has 0 saturated carbocycles. The van der Waals surface area contributed by atoms with Gasteiger partial charge < -0.3 is 19.7 Å². The van der Waals surface area contributed by atoms with Crippen molar-refractivity contribution in [3.63, 3.8) is 0 Å². The van der Waals surface area contributed by atoms with E-state index >= 15 is 0 Å². The number of rotatable bonds is 9. The summed E-state index contributed by atoms with van der Waals surface area (Å²) in [6.45, 7) is 1.81. The third-order valence-electron chi connectivity index (χ3n) is 5.23. The predicted octanol–water partition coefficient (Wildman–Crippen LogP) is 4.20. The van der Waals surface area contributed by atoms with E-state index in [0.717, 1.165) is 30.0 Å². The number of ether oxygens (including phenoxy) is 2. The average Bonchev–Trinajstić information content (AvgIpc) is 3.27. The summed E-state index contributed by atoms with van der Waals surface area (Å²) in [4.78, 5) is 26.6. The third kappa shape index (κ3) is 5.46. The normalized spacial score (nSPS) is 13.1. The molecule has 6 heteroatoms. The van der Waals surface area contributed by atoms with Crippen LogP contribution in [-0.4, -0.2) is 31.6 Å². The molecule has 4 rings (SSSR count). The Bertz CT molecular complexity index is 1070. The van der Waals surface area contributed by atoms with Gasteiger partial charge in [0, 0.05) is 25.2 Å². The zero-order chi connectivity index (χ0) is 22.2. The first-order valence-corrected chi connectivity index (χ1v) is 10.8. The molecule has 1 heterocycles. The lowest BCUT2D eigenvalue weighted by atomic mass is 10.1. The second-order valence-corrected chi connectivity index (χ2v) is 7.51. The van der Waals surface area contributed by atoms with Gasteiger partial charge in [0.05, 0.1) is 5.56 Å². The monoisotopic (exact) mass is 430 g/mol. The van der Waals surface area contributed by atoms with Gasteiger partial charge in [-0.25, -0.2) is 0 Å². The van der Waals surface area contributed by atoms with E-state index in [4.69, 9.17) is 9.47 Å². The summed E-state index contributed by atoms with van der Waals surface area (Å²) in [7, 11) is 0. The van der Waals surface area contributed by atoms with E-state index in [1.807, 2.05) is 66.7 Å². The summed E-state index contributed by atoms with van der Waals surface area (Å²) < 4.78 is 11.4. The summed E-state index contributed by atoms with van der Waals surface area (Å²) in [5.74, 6) is 1.22. The minimum Gasteiger partial charge on any atom is -0.490 e. The minimum atomic E-state index is -0.216. The van der Waals surface area contributed by atoms with Crippen LogP contribution in [0.4, 0.5) is 5.69 Å². The molecule has 0 unspecified atom stereocenters. The molecular weight excluding hydrogens is 404 g/mol. The average molecular weight is 431 g/mol. The van der Waals surface area contributed by atoms with Crippen molar-refractivity contribution < 1.29 is 19.1 Å². The van der Waals surface area contributed by atoms with Crippen LogP contribution < -0.4 is 19.7 Å². The highest BCUT2D eigenvalue weighted by molar-refractivity contribution is 5.97. The molecule has 164 valence electrons. The molecule has 0 aliphatic carbocycles. The fourth-order valence-corrected chi connectivity index (χ4v) is 3.64. The number of hydrogen-bond acceptors (Lipinski definition) is 4. The molecule has 1 aliphatic rings. The van der Waals surface area contributed by atoms with Gasteiger partial charge in [-0.2, -0.15) is 0 Å². The quantitative estimate of drug-likeness (QED) is 0.517. The van der Waals surface area contributed by atoms with Gasteiger partial charge in [0.1, 0.15) is 24.7 Å². The van der Waals surface area contributed by atoms with Gasteiger partial charge in [-0.3, -0.25) is 9.59 Å². The van der Waals surface area contributed by atoms with Crippen LogP contribution in [0.2, 0.25) is 0 Å². The van der Waals surface area contributed by atoms with Crippen LogP contribution in [0.15, 0.2) is 78.9 Å². The van der Waals surface area contributed by atoms with Crippen molar-refractivity contribution in [2.75, 3.05) is 24.7 Å². The zero-order valence-electron chi connectivity index (χ0n) is 17.8. The molecule has 32 heavy (non-hydrogen) atoms. The Labute approximate surface area is 187 Å². The van der Waals surface area contributed by atoms with Gasteiger partial charge in [-0.1, -0.05) is 42.5 Å². The summed E-state index contributed by atoms with van der Waals surface area (Å²) in [5, 5.41) is 2.95. The molecule has 3 aromatic rings. The van der Waals surface area contributed by atoms with Crippen molar-refractivity contribution in [3.05, 3.63) is 90.0 Å². The summed E-state index contributed by atoms with van der Waals surface area (Å²) in [5.41, 5.74) is 2.28. The number of para-hydroxylation sites is 2. The van der Waals surface area contributed by atoms with Crippen LogP contribution in [-0.2, 0) is 11.3 Å². The first kappa shape index (κ1) is 21.4. The predicted molar refractivity (Wildman–Crippen MR) is 123 cm³/mol. The lowest BCUT2D eigenvalue weighted by Gasteiger charge is -2.17. The lowest BCUT2D eigenvalue weighted by Crippen LogP contribution is -2.25. The third-order valence-corrected chi connectivity index (χ3v) is 5.23. The maximum atomic E-state index is 12.8. The molecule has 0 spiro atoms. The van der Waals surface area contributed by atoms with Crippen LogP contribution in [0.3, 0.4) is 0 Å². The maximum Gasteiger partial charge on any atom is 0.255 e. The van der Waals surface area contributed by atoms with Crippen molar-refractivity contribution in [1.82, 2.24) is 5.32 Å². The molecule has 1 saturated heterocycles. The second kappa shape index (κ2) is 10.5. The Balaban J connectivity index is 1.32. The number of amides is 2. The standard InChI is InChI=1S/C26H26N2O4/c29-25-14-7-15-28(25)21-9-6-8-20(18-21)19-27-26(30)23-12-4-5-13-24(23)32-17-16-31-22-10-2-1-3-11-22/h1-6,8-13,18H,7,14-17,19H2,(H,27,30). The zero-order valence-corrected chi connectivity index (χ0v) is 17.8. The van der Waals surface area contributed by atoms with Crippen molar-refractivity contribution in [2.45, 2.75) is 19.4 Å². The topological polar surface area (TPSA) is 67.9 Å². The highest BCUT2D eigenvalue weighted by Gasteiger charge is 2.21. The van der Waals surface area contributed by atoms with Crippen LogP contribution in [0, 0.1) is 0 Å². The van der Waals surface area contributed by atoms with E-state index in [0.29, 0.717) is 37.5 Å². The van der Waals surface area contributed by atoms with Crippen LogP contribution >= 0.6 is 0 Å². The van der Waals surface area contributed by atoms with Crippen molar-refractivity contribution in [2.24, 2.45) is 0 Å². The Kier molecular flexibility index (Phi) is 7.02. The summed E-state index contributed by atoms with van der Waals surface area (Å²) in [6.07, 6.45) is 1.47. The molecule has 0 radical (unpaired) electrons. The van der Waals surface area contributed by atoms with Gasteiger partial charge in [-0.05, 0) is 48.4 Å². The number of nitrogens with zero attached hydrogens (tertiary/aromatic N) is 1. The highest BCUT2D eigenvalue weighted by atomic mass is 16.5. The molecule has 1 fully saturated rings. The Hall–Kier alpha value is -3.80. The van der Waals surface area contributed by atoms with Crippen molar-refractivity contribution >= 4 is 17.5 Å². The number of carbonyl (C=O) groups is 2. The fraction of sp³-hybridized carbons (Fsp3) is 0.231. The Morgan fingerprint density at radius 2 is 1.69 bits per heavy atom. The smallest absolute Gasteiger partial charge is 0.255 e. The van der Waals surface area contributed by atoms with E-state index in [1.165, 1.54) is 0 Å². The molecule has 1 aliphatic heterocycles. The highest BCUT2D eigenvalue weighted by Crippen LogP contribution is 2.23. The fourth-order valence-electron chi connectivity index (χ4n) is 3.64. The largest absolute Gasteiger partial charge is 0.490 e. The molecule has 0 aromatic heterocycles. The maximum absolute atomic E-state index is 12.8. The van der Waals surface area contributed by atoms with Crippen molar-refractivity contribution in [3.8, 4) is 11.5 Å². The number of anilines is 1. The van der Waals surface area contributed by atoms with Crippen LogP contribution in [0.25, 0.3) is 0 Å². The van der Waals surface area contributed by atoms with Crippen LogP contribution in [0.5, 0.6) is 11.5 Å². The number of hydrogen-bond donors (Lipinski definition) is 1. The van der Waals surface area contributed by atoms with E-state index in [9.17, 15) is 9.59 Å². The number of carbonyl (C=O) groups excluding carboxylic acids is 2. The molecule has 2 amide bonds. The number of benzene rings is 3. The first-order chi connectivity index (χ1) is 15.7. The Morgan fingerprint density at radius 3 is 2.50 bits per heavy atom. The van der Waals surface area contributed by atoms with Gasteiger partial charge in [0.25, 0.3) is 5.91 Å². The molecule has 6 nitrogen and oxygen atoms in total. The van der Waals surface area contributed by atoms with Gasteiger partial charge in [0.15, 0.2) is 0 Å². The van der Waals surface area contributed by atoms with Crippen molar-refractivity contribution in [1.29, 1.82) is 0 Å². The van der Waals surface area contributed by atoms with Gasteiger partial charge in [-0.15, -0.1) is 0 Å². The molecule has 0 atom stereocenters. The lowest BCUT2D eigenvalue weighted by molar-refractivity contribution is -0.117. The SMILES string of the molecule is O=C(NCc1cccc(N2CCCC2=O)c1)c1ccccc1OCCOc1ccccc1. The van der Waals surface area contributed by atoms with E-state index in [2.05, 4.69) is 5.32 Å². The number of nitrogens with one attached hydrogen (secondary N) is 1. The summed E-state index contributed by atoms with van der Waals surface area (Å²) >= 11 is 0. The van der Waals surface area contributed by atoms with E-state index < -0.39 is 0 Å². The van der Waals surface area contributed by atoms with Gasteiger partial charge in [0.2, 0.25) is 5.91 Å². The molecular formula is C26H26N2O4. The molecule has 0 bridgehead atoms. The molecule has 1 N–H and O–H groups in total. The van der Waals surface area contributed by atoms with Crippen LogP contribution in [0.1, 0.15) is 28.8 Å². The molecule has 3 aromatic carbocycles. The minimum absolute atomic E-state index is 0.147. The van der Waals surface area contributed by atoms with Gasteiger partial charge >= 0.3 is 0 Å². The second-order valence-electron chi connectivity index (χ2n) is 7.51. The van der Waals surface area contributed by atoms with E-state index in [-0.39, 0.29) is 11.8 Å². The summed E-state index contributed by atoms with van der Waals surface area (Å²) in [6, 6.07) is 24.4. The van der Waals surface area contributed by atoms with E-state index in [1.54, 1.807) is 17.0 Å². The first-order valence-electron chi connectivity index (χ1n) is 10.8. The Morgan fingerprint density at radius 1 is 0.906 bits per heavy atom.